The first-order valence-corrected chi connectivity index (χ1v) is 5.19. The number of alkyl halides is 1. The van der Waals surface area contributed by atoms with Crippen LogP contribution in [-0.4, -0.2) is 18.9 Å². The number of methoxy groups -OCH3 is 1. The molecule has 1 amide bonds. The molecule has 82 valence electrons. The van der Waals surface area contributed by atoms with E-state index in [-0.39, 0.29) is 11.8 Å². The van der Waals surface area contributed by atoms with Crippen LogP contribution in [-0.2, 0) is 22.7 Å². The number of benzene rings is 1. The van der Waals surface area contributed by atoms with E-state index in [9.17, 15) is 4.79 Å². The van der Waals surface area contributed by atoms with E-state index >= 15 is 0 Å². The maximum absolute atomic E-state index is 11.0. The second-order valence-electron chi connectivity index (χ2n) is 3.11. The van der Waals surface area contributed by atoms with Crippen LogP contribution in [0, 0.1) is 0 Å². The average Bonchev–Trinajstić information content (AvgIpc) is 2.28. The van der Waals surface area contributed by atoms with Gasteiger partial charge in [0.05, 0.1) is 6.61 Å². The van der Waals surface area contributed by atoms with Crippen molar-refractivity contribution in [2.75, 3.05) is 13.0 Å². The highest BCUT2D eigenvalue weighted by Crippen LogP contribution is 2.09. The lowest BCUT2D eigenvalue weighted by atomic mass is 10.1. The second kappa shape index (κ2) is 6.43. The van der Waals surface area contributed by atoms with Crippen LogP contribution >= 0.6 is 11.6 Å². The van der Waals surface area contributed by atoms with E-state index in [0.29, 0.717) is 13.2 Å². The van der Waals surface area contributed by atoms with Gasteiger partial charge >= 0.3 is 0 Å². The molecule has 0 aromatic heterocycles. The highest BCUT2D eigenvalue weighted by Gasteiger charge is 2.03. The molecule has 1 aromatic carbocycles. The van der Waals surface area contributed by atoms with E-state index in [1.54, 1.807) is 7.11 Å². The Morgan fingerprint density at radius 3 is 2.67 bits per heavy atom. The largest absolute Gasteiger partial charge is 0.380 e. The number of hydrogen-bond donors (Lipinski definition) is 1. The summed E-state index contributed by atoms with van der Waals surface area (Å²) >= 11 is 5.38. The van der Waals surface area contributed by atoms with Crippen molar-refractivity contribution in [3.63, 3.8) is 0 Å². The first-order chi connectivity index (χ1) is 7.27. The predicted molar refractivity (Wildman–Crippen MR) is 59.7 cm³/mol. The van der Waals surface area contributed by atoms with E-state index in [4.69, 9.17) is 16.3 Å². The molecule has 0 saturated carbocycles. The van der Waals surface area contributed by atoms with Crippen molar-refractivity contribution in [1.82, 2.24) is 5.32 Å². The van der Waals surface area contributed by atoms with Gasteiger partial charge in [-0.25, -0.2) is 0 Å². The molecule has 0 spiro atoms. The minimum Gasteiger partial charge on any atom is -0.380 e. The van der Waals surface area contributed by atoms with Crippen molar-refractivity contribution in [3.8, 4) is 0 Å². The Balaban J connectivity index is 2.62. The minimum absolute atomic E-state index is 0.00750. The van der Waals surface area contributed by atoms with Gasteiger partial charge < -0.3 is 10.1 Å². The standard InChI is InChI=1S/C11H14ClNO2/c1-15-8-10-5-3-2-4-9(10)7-13-11(14)6-12/h2-5H,6-8H2,1H3,(H,13,14). The summed E-state index contributed by atoms with van der Waals surface area (Å²) in [6, 6.07) is 7.82. The monoisotopic (exact) mass is 227 g/mol. The number of amides is 1. The van der Waals surface area contributed by atoms with Crippen molar-refractivity contribution < 1.29 is 9.53 Å². The molecule has 0 unspecified atom stereocenters. The summed E-state index contributed by atoms with van der Waals surface area (Å²) in [5.74, 6) is -0.171. The number of carbonyl (C=O) groups excluding carboxylic acids is 1. The number of nitrogens with one attached hydrogen (secondary N) is 1. The molecule has 0 radical (unpaired) electrons. The Bertz CT molecular complexity index is 328. The van der Waals surface area contributed by atoms with Gasteiger partial charge in [-0.1, -0.05) is 24.3 Å². The first-order valence-electron chi connectivity index (χ1n) is 4.66. The summed E-state index contributed by atoms with van der Waals surface area (Å²) in [5, 5.41) is 2.72. The van der Waals surface area contributed by atoms with Crippen LogP contribution in [0.5, 0.6) is 0 Å². The SMILES string of the molecule is COCc1ccccc1CNC(=O)CCl. The Morgan fingerprint density at radius 2 is 2.07 bits per heavy atom. The molecule has 0 heterocycles. The molecular formula is C11H14ClNO2. The van der Waals surface area contributed by atoms with Gasteiger partial charge in [-0.3, -0.25) is 4.79 Å². The molecule has 15 heavy (non-hydrogen) atoms. The molecule has 1 rings (SSSR count). The molecule has 0 saturated heterocycles. The number of ether oxygens (including phenoxy) is 1. The van der Waals surface area contributed by atoms with Gasteiger partial charge in [-0.05, 0) is 11.1 Å². The lowest BCUT2D eigenvalue weighted by Crippen LogP contribution is -2.24. The zero-order valence-corrected chi connectivity index (χ0v) is 9.38. The Kier molecular flexibility index (Phi) is 5.15. The van der Waals surface area contributed by atoms with Crippen LogP contribution in [0.3, 0.4) is 0 Å². The van der Waals surface area contributed by atoms with Crippen LogP contribution in [0.15, 0.2) is 24.3 Å². The summed E-state index contributed by atoms with van der Waals surface area (Å²) in [6.45, 7) is 1.04. The number of hydrogen-bond acceptors (Lipinski definition) is 2. The maximum atomic E-state index is 11.0. The van der Waals surface area contributed by atoms with Gasteiger partial charge in [0.25, 0.3) is 0 Å². The molecule has 3 nitrogen and oxygen atoms in total. The number of carbonyl (C=O) groups is 1. The van der Waals surface area contributed by atoms with Gasteiger partial charge in [-0.2, -0.15) is 0 Å². The Morgan fingerprint density at radius 1 is 1.40 bits per heavy atom. The quantitative estimate of drug-likeness (QED) is 0.778. The predicted octanol–water partition coefficient (Wildman–Crippen LogP) is 1.69. The van der Waals surface area contributed by atoms with E-state index in [2.05, 4.69) is 5.32 Å². The third-order valence-corrected chi connectivity index (χ3v) is 2.26. The van der Waals surface area contributed by atoms with Gasteiger partial charge in [0.1, 0.15) is 5.88 Å². The molecule has 4 heteroatoms. The number of halogens is 1. The highest BCUT2D eigenvalue weighted by molar-refractivity contribution is 6.27. The number of rotatable bonds is 5. The highest BCUT2D eigenvalue weighted by atomic mass is 35.5. The lowest BCUT2D eigenvalue weighted by Gasteiger charge is -2.09. The van der Waals surface area contributed by atoms with E-state index < -0.39 is 0 Å². The van der Waals surface area contributed by atoms with Gasteiger partial charge in [-0.15, -0.1) is 11.6 Å². The minimum atomic E-state index is -0.163. The van der Waals surface area contributed by atoms with Crippen molar-refractivity contribution in [3.05, 3.63) is 35.4 Å². The third-order valence-electron chi connectivity index (χ3n) is 2.02. The van der Waals surface area contributed by atoms with Gasteiger partial charge in [0, 0.05) is 13.7 Å². The molecule has 0 aliphatic heterocycles. The molecule has 1 aromatic rings. The lowest BCUT2D eigenvalue weighted by molar-refractivity contribution is -0.118. The first kappa shape index (κ1) is 12.0. The van der Waals surface area contributed by atoms with Crippen LogP contribution in [0.25, 0.3) is 0 Å². The summed E-state index contributed by atoms with van der Waals surface area (Å²) in [4.78, 5) is 11.0. The zero-order valence-electron chi connectivity index (χ0n) is 8.63. The van der Waals surface area contributed by atoms with E-state index in [1.807, 2.05) is 24.3 Å². The summed E-state index contributed by atoms with van der Waals surface area (Å²) in [5.41, 5.74) is 2.13. The smallest absolute Gasteiger partial charge is 0.235 e. The topological polar surface area (TPSA) is 38.3 Å². The molecule has 0 atom stereocenters. The fourth-order valence-electron chi connectivity index (χ4n) is 1.27. The van der Waals surface area contributed by atoms with Crippen LogP contribution in [0.4, 0.5) is 0 Å². The van der Waals surface area contributed by atoms with E-state index in [0.717, 1.165) is 11.1 Å². The van der Waals surface area contributed by atoms with E-state index in [1.165, 1.54) is 0 Å². The molecule has 1 N–H and O–H groups in total. The zero-order chi connectivity index (χ0) is 11.1. The third kappa shape index (κ3) is 3.90. The second-order valence-corrected chi connectivity index (χ2v) is 3.38. The fourth-order valence-corrected chi connectivity index (χ4v) is 1.36. The Hall–Kier alpha value is -1.06. The fraction of sp³-hybridized carbons (Fsp3) is 0.364. The van der Waals surface area contributed by atoms with Gasteiger partial charge in [0.15, 0.2) is 0 Å². The normalized spacial score (nSPS) is 10.0. The molecule has 0 aliphatic carbocycles. The molecule has 0 aliphatic rings. The maximum Gasteiger partial charge on any atom is 0.235 e. The summed E-state index contributed by atoms with van der Waals surface area (Å²) in [6.07, 6.45) is 0. The summed E-state index contributed by atoms with van der Waals surface area (Å²) in [7, 11) is 1.65. The van der Waals surface area contributed by atoms with Crippen LogP contribution in [0.1, 0.15) is 11.1 Å². The summed E-state index contributed by atoms with van der Waals surface area (Å²) < 4.78 is 5.06. The Labute approximate surface area is 94.4 Å². The van der Waals surface area contributed by atoms with Gasteiger partial charge in [0.2, 0.25) is 5.91 Å². The van der Waals surface area contributed by atoms with Crippen molar-refractivity contribution in [1.29, 1.82) is 0 Å². The van der Waals surface area contributed by atoms with Crippen LogP contribution < -0.4 is 5.32 Å². The molecule has 0 bridgehead atoms. The average molecular weight is 228 g/mol. The molecular weight excluding hydrogens is 214 g/mol. The van der Waals surface area contributed by atoms with Crippen LogP contribution in [0.2, 0.25) is 0 Å². The van der Waals surface area contributed by atoms with Crippen molar-refractivity contribution in [2.45, 2.75) is 13.2 Å². The molecule has 0 fully saturated rings. The van der Waals surface area contributed by atoms with Crippen molar-refractivity contribution >= 4 is 17.5 Å². The van der Waals surface area contributed by atoms with Crippen molar-refractivity contribution in [2.24, 2.45) is 0 Å².